The Morgan fingerprint density at radius 1 is 1.35 bits per heavy atom. The highest BCUT2D eigenvalue weighted by atomic mass is 32.3. The Morgan fingerprint density at radius 2 is 2.04 bits per heavy atom. The molecule has 0 aromatic rings. The number of carbonyl (C=O) groups excluding carboxylic acids is 2. The van der Waals surface area contributed by atoms with Crippen LogP contribution in [0.15, 0.2) is 0 Å². The molecule has 4 N–H and O–H groups in total. The van der Waals surface area contributed by atoms with Crippen molar-refractivity contribution in [3.63, 3.8) is 0 Å². The smallest absolute Gasteiger partial charge is 0.314 e. The van der Waals surface area contributed by atoms with E-state index in [2.05, 4.69) is 14.9 Å². The van der Waals surface area contributed by atoms with Gasteiger partial charge in [-0.25, -0.2) is 4.79 Å². The lowest BCUT2D eigenvalue weighted by atomic mass is 10.00. The summed E-state index contributed by atoms with van der Waals surface area (Å²) in [7, 11) is -4.81. The van der Waals surface area contributed by atoms with Gasteiger partial charge in [-0.05, 0) is 12.8 Å². The third-order valence-electron chi connectivity index (χ3n) is 4.68. The van der Waals surface area contributed by atoms with Gasteiger partial charge in [-0.3, -0.25) is 19.7 Å². The minimum atomic E-state index is -4.81. The molecule has 0 spiro atoms. The molecule has 3 saturated heterocycles. The van der Waals surface area contributed by atoms with Crippen LogP contribution in [-0.2, 0) is 19.5 Å². The first kappa shape index (κ1) is 19.0. The standard InChI is InChI=1S/C13H22N6O6S/c14-12(16-11(20)8-17-5-3-15-4-6-17)10-2-1-9-7-18(10)13(21)19(9)25-26(22,23)24/h9-10,15H,1-8H2,(H2,14,16,20)(H,22,23,24)/t9-,10-/m1/s1. The predicted octanol–water partition coefficient (Wildman–Crippen LogP) is -2.01. The highest BCUT2D eigenvalue weighted by Crippen LogP contribution is 2.30. The van der Waals surface area contributed by atoms with Crippen LogP contribution >= 0.6 is 0 Å². The maximum Gasteiger partial charge on any atom is 0.418 e. The second kappa shape index (κ2) is 7.44. The number of piperidine rings is 1. The van der Waals surface area contributed by atoms with Crippen molar-refractivity contribution in [3.05, 3.63) is 0 Å². The van der Waals surface area contributed by atoms with Gasteiger partial charge in [0.05, 0.1) is 18.6 Å². The molecule has 13 heteroatoms. The van der Waals surface area contributed by atoms with Gasteiger partial charge in [0, 0.05) is 32.7 Å². The van der Waals surface area contributed by atoms with Crippen molar-refractivity contribution in [1.82, 2.24) is 25.5 Å². The van der Waals surface area contributed by atoms with E-state index in [4.69, 9.17) is 9.96 Å². The number of hydrogen-bond donors (Lipinski definition) is 4. The lowest BCUT2D eigenvalue weighted by Gasteiger charge is -2.31. The van der Waals surface area contributed by atoms with Crippen LogP contribution in [0.1, 0.15) is 12.8 Å². The summed E-state index contributed by atoms with van der Waals surface area (Å²) in [6.45, 7) is 3.44. The molecule has 0 radical (unpaired) electrons. The number of hydrogen-bond acceptors (Lipinski definition) is 8. The van der Waals surface area contributed by atoms with Crippen LogP contribution in [0.25, 0.3) is 0 Å². The van der Waals surface area contributed by atoms with Crippen LogP contribution in [0.2, 0.25) is 0 Å². The van der Waals surface area contributed by atoms with E-state index in [1.54, 1.807) is 0 Å². The van der Waals surface area contributed by atoms with Crippen LogP contribution in [0.3, 0.4) is 0 Å². The fourth-order valence-electron chi connectivity index (χ4n) is 3.48. The first-order chi connectivity index (χ1) is 12.2. The molecule has 3 rings (SSSR count). The Morgan fingerprint density at radius 3 is 2.69 bits per heavy atom. The molecule has 3 aliphatic rings. The zero-order chi connectivity index (χ0) is 18.9. The Balaban J connectivity index is 1.57. The number of amidine groups is 1. The molecule has 0 unspecified atom stereocenters. The highest BCUT2D eigenvalue weighted by Gasteiger charge is 2.48. The lowest BCUT2D eigenvalue weighted by molar-refractivity contribution is -0.121. The Bertz CT molecular complexity index is 693. The average molecular weight is 390 g/mol. The van der Waals surface area contributed by atoms with Crippen molar-refractivity contribution >= 4 is 28.2 Å². The molecular formula is C13H22N6O6S. The monoisotopic (exact) mass is 390 g/mol. The summed E-state index contributed by atoms with van der Waals surface area (Å²) >= 11 is 0. The molecule has 2 bridgehead atoms. The molecule has 3 amide bonds. The highest BCUT2D eigenvalue weighted by molar-refractivity contribution is 7.80. The molecule has 0 aliphatic carbocycles. The van der Waals surface area contributed by atoms with Gasteiger partial charge < -0.3 is 15.5 Å². The van der Waals surface area contributed by atoms with Gasteiger partial charge >= 0.3 is 16.4 Å². The number of rotatable bonds is 5. The number of carbonyl (C=O) groups is 2. The van der Waals surface area contributed by atoms with Gasteiger partial charge in [0.15, 0.2) is 0 Å². The van der Waals surface area contributed by atoms with Crippen LogP contribution in [0.4, 0.5) is 4.79 Å². The Labute approximate surface area is 150 Å². The number of amides is 3. The van der Waals surface area contributed by atoms with E-state index >= 15 is 0 Å². The predicted molar refractivity (Wildman–Crippen MR) is 88.6 cm³/mol. The number of urea groups is 1. The zero-order valence-electron chi connectivity index (χ0n) is 14.0. The molecule has 0 aromatic carbocycles. The van der Waals surface area contributed by atoms with Crippen LogP contribution < -0.4 is 10.6 Å². The van der Waals surface area contributed by atoms with Gasteiger partial charge in [-0.2, -0.15) is 13.5 Å². The number of nitrogens with zero attached hydrogens (tertiary/aromatic N) is 3. The molecule has 0 saturated carbocycles. The third kappa shape index (κ3) is 4.29. The Hall–Kier alpha value is -1.80. The number of piperazine rings is 1. The molecule has 3 aliphatic heterocycles. The van der Waals surface area contributed by atoms with Gasteiger partial charge in [0.1, 0.15) is 5.84 Å². The van der Waals surface area contributed by atoms with Crippen LogP contribution in [0, 0.1) is 5.41 Å². The summed E-state index contributed by atoms with van der Waals surface area (Å²) in [5, 5.41) is 14.5. The van der Waals surface area contributed by atoms with Crippen molar-refractivity contribution in [3.8, 4) is 0 Å². The average Bonchev–Trinajstić information content (AvgIpc) is 2.79. The first-order valence-electron chi connectivity index (χ1n) is 8.33. The normalized spacial score (nSPS) is 26.9. The fraction of sp³-hybridized carbons (Fsp3) is 0.769. The second-order valence-corrected chi connectivity index (χ2v) is 7.50. The molecule has 2 atom stereocenters. The minimum absolute atomic E-state index is 0.106. The van der Waals surface area contributed by atoms with Gasteiger partial charge in [-0.15, -0.1) is 4.28 Å². The minimum Gasteiger partial charge on any atom is -0.314 e. The summed E-state index contributed by atoms with van der Waals surface area (Å²) in [5.41, 5.74) is 0. The molecule has 0 aromatic heterocycles. The van der Waals surface area contributed by atoms with Crippen molar-refractivity contribution in [2.24, 2.45) is 0 Å². The maximum atomic E-state index is 12.3. The largest absolute Gasteiger partial charge is 0.418 e. The first-order valence-corrected chi connectivity index (χ1v) is 9.69. The fourth-order valence-corrected chi connectivity index (χ4v) is 3.87. The topological polar surface area (TPSA) is 155 Å². The van der Waals surface area contributed by atoms with Crippen molar-refractivity contribution in [1.29, 1.82) is 5.41 Å². The van der Waals surface area contributed by atoms with Crippen molar-refractivity contribution in [2.75, 3.05) is 39.3 Å². The van der Waals surface area contributed by atoms with Gasteiger partial charge in [0.2, 0.25) is 5.91 Å². The van der Waals surface area contributed by atoms with Crippen molar-refractivity contribution < 1.29 is 26.8 Å². The van der Waals surface area contributed by atoms with E-state index in [0.29, 0.717) is 17.9 Å². The Kier molecular flexibility index (Phi) is 5.43. The van der Waals surface area contributed by atoms with E-state index < -0.39 is 28.5 Å². The molecule has 3 heterocycles. The van der Waals surface area contributed by atoms with E-state index in [1.807, 2.05) is 4.90 Å². The van der Waals surface area contributed by atoms with E-state index in [1.165, 1.54) is 4.90 Å². The molecule has 146 valence electrons. The lowest BCUT2D eigenvalue weighted by Crippen LogP contribution is -2.53. The third-order valence-corrected chi connectivity index (χ3v) is 5.03. The quantitative estimate of drug-likeness (QED) is 0.238. The molecule has 12 nitrogen and oxygen atoms in total. The maximum absolute atomic E-state index is 12.3. The summed E-state index contributed by atoms with van der Waals surface area (Å²) in [4.78, 5) is 27.7. The number of hydroxylamine groups is 2. The van der Waals surface area contributed by atoms with E-state index in [0.717, 1.165) is 26.2 Å². The van der Waals surface area contributed by atoms with E-state index in [-0.39, 0.29) is 24.8 Å². The van der Waals surface area contributed by atoms with Gasteiger partial charge in [0.25, 0.3) is 0 Å². The van der Waals surface area contributed by atoms with Gasteiger partial charge in [-0.1, -0.05) is 0 Å². The summed E-state index contributed by atoms with van der Waals surface area (Å²) in [6.07, 6.45) is 0.771. The molecule has 3 fully saturated rings. The van der Waals surface area contributed by atoms with Crippen molar-refractivity contribution in [2.45, 2.75) is 24.9 Å². The van der Waals surface area contributed by atoms with Crippen LogP contribution in [-0.4, -0.2) is 97.0 Å². The SMILES string of the molecule is N=C(NC(=O)CN1CCNCC1)[C@H]1CC[C@@H]2CN1C(=O)N2OS(=O)(=O)O. The second-order valence-electron chi connectivity index (χ2n) is 6.50. The zero-order valence-corrected chi connectivity index (χ0v) is 14.9. The van der Waals surface area contributed by atoms with Crippen LogP contribution in [0.5, 0.6) is 0 Å². The number of nitrogens with one attached hydrogen (secondary N) is 3. The molecule has 26 heavy (non-hydrogen) atoms. The molecular weight excluding hydrogens is 368 g/mol. The summed E-state index contributed by atoms with van der Waals surface area (Å²) in [6, 6.07) is -1.94. The van der Waals surface area contributed by atoms with E-state index in [9.17, 15) is 18.0 Å². The summed E-state index contributed by atoms with van der Waals surface area (Å²) < 4.78 is 34.9. The summed E-state index contributed by atoms with van der Waals surface area (Å²) in [5.74, 6) is -0.428. The number of fused-ring (bicyclic) bond motifs is 2.